The highest BCUT2D eigenvalue weighted by atomic mass is 32.2. The lowest BCUT2D eigenvalue weighted by Crippen LogP contribution is -2.15. The first-order chi connectivity index (χ1) is 9.65. The van der Waals surface area contributed by atoms with Crippen LogP contribution in [0.2, 0.25) is 0 Å². The Bertz CT molecular complexity index is 583. The molecule has 0 spiro atoms. The molecular weight excluding hydrogens is 266 g/mol. The van der Waals surface area contributed by atoms with Crippen LogP contribution in [0.3, 0.4) is 0 Å². The Hall–Kier alpha value is -1.45. The molecule has 0 radical (unpaired) electrons. The highest BCUT2D eigenvalue weighted by Gasteiger charge is 2.13. The SMILES string of the molecule is COc1ccc(C)cc1CC(N)c1ccccc1SC. The van der Waals surface area contributed by atoms with Crippen LogP contribution in [0.25, 0.3) is 0 Å². The number of benzene rings is 2. The number of thioether (sulfide) groups is 1. The van der Waals surface area contributed by atoms with Crippen LogP contribution < -0.4 is 10.5 Å². The van der Waals surface area contributed by atoms with Gasteiger partial charge in [0.15, 0.2) is 0 Å². The number of hydrogen-bond donors (Lipinski definition) is 1. The number of ether oxygens (including phenoxy) is 1. The number of rotatable bonds is 5. The van der Waals surface area contributed by atoms with Crippen molar-refractivity contribution in [2.75, 3.05) is 13.4 Å². The molecule has 0 aliphatic heterocycles. The van der Waals surface area contributed by atoms with Gasteiger partial charge in [-0.2, -0.15) is 0 Å². The number of hydrogen-bond acceptors (Lipinski definition) is 3. The average Bonchev–Trinajstić information content (AvgIpc) is 2.47. The van der Waals surface area contributed by atoms with E-state index in [4.69, 9.17) is 10.5 Å². The molecule has 1 unspecified atom stereocenters. The van der Waals surface area contributed by atoms with Crippen molar-refractivity contribution in [3.05, 3.63) is 59.2 Å². The molecule has 20 heavy (non-hydrogen) atoms. The number of nitrogens with two attached hydrogens (primary N) is 1. The van der Waals surface area contributed by atoms with Crippen molar-refractivity contribution in [3.63, 3.8) is 0 Å². The predicted molar refractivity (Wildman–Crippen MR) is 86.6 cm³/mol. The third-order valence-corrected chi connectivity index (χ3v) is 4.23. The quantitative estimate of drug-likeness (QED) is 0.845. The zero-order valence-corrected chi connectivity index (χ0v) is 13.0. The largest absolute Gasteiger partial charge is 0.496 e. The van der Waals surface area contributed by atoms with Crippen LogP contribution in [0.1, 0.15) is 22.7 Å². The van der Waals surface area contributed by atoms with Gasteiger partial charge in [0.25, 0.3) is 0 Å². The van der Waals surface area contributed by atoms with E-state index in [9.17, 15) is 0 Å². The summed E-state index contributed by atoms with van der Waals surface area (Å²) in [6.45, 7) is 2.09. The fourth-order valence-corrected chi connectivity index (χ4v) is 3.06. The molecule has 0 bridgehead atoms. The summed E-state index contributed by atoms with van der Waals surface area (Å²) in [7, 11) is 1.70. The Morgan fingerprint density at radius 1 is 1.20 bits per heavy atom. The van der Waals surface area contributed by atoms with E-state index in [2.05, 4.69) is 43.5 Å². The molecule has 2 nitrogen and oxygen atoms in total. The Balaban J connectivity index is 2.27. The van der Waals surface area contributed by atoms with Gasteiger partial charge in [0, 0.05) is 10.9 Å². The summed E-state index contributed by atoms with van der Waals surface area (Å²) in [6, 6.07) is 14.5. The van der Waals surface area contributed by atoms with Crippen LogP contribution in [0.4, 0.5) is 0 Å². The zero-order valence-electron chi connectivity index (χ0n) is 12.2. The fourth-order valence-electron chi connectivity index (χ4n) is 2.39. The lowest BCUT2D eigenvalue weighted by molar-refractivity contribution is 0.408. The molecule has 0 fully saturated rings. The van der Waals surface area contributed by atoms with Gasteiger partial charge in [-0.05, 0) is 42.9 Å². The molecule has 0 heterocycles. The van der Waals surface area contributed by atoms with Gasteiger partial charge in [0.2, 0.25) is 0 Å². The number of aryl methyl sites for hydroxylation is 1. The smallest absolute Gasteiger partial charge is 0.122 e. The second-order valence-electron chi connectivity index (χ2n) is 4.87. The molecule has 0 saturated heterocycles. The molecule has 0 aliphatic rings. The fraction of sp³-hybridized carbons (Fsp3) is 0.294. The van der Waals surface area contributed by atoms with E-state index >= 15 is 0 Å². The van der Waals surface area contributed by atoms with E-state index in [-0.39, 0.29) is 6.04 Å². The number of methoxy groups -OCH3 is 1. The van der Waals surface area contributed by atoms with Crippen molar-refractivity contribution in [3.8, 4) is 5.75 Å². The van der Waals surface area contributed by atoms with Crippen LogP contribution in [-0.4, -0.2) is 13.4 Å². The summed E-state index contributed by atoms with van der Waals surface area (Å²) in [5, 5.41) is 0. The summed E-state index contributed by atoms with van der Waals surface area (Å²) in [5.41, 5.74) is 10.00. The second-order valence-corrected chi connectivity index (χ2v) is 5.72. The van der Waals surface area contributed by atoms with E-state index in [1.54, 1.807) is 18.9 Å². The molecule has 1 atom stereocenters. The Kier molecular flexibility index (Phi) is 5.10. The Morgan fingerprint density at radius 2 is 1.95 bits per heavy atom. The van der Waals surface area contributed by atoms with Crippen molar-refractivity contribution in [2.45, 2.75) is 24.3 Å². The van der Waals surface area contributed by atoms with E-state index in [1.807, 2.05) is 12.1 Å². The highest BCUT2D eigenvalue weighted by molar-refractivity contribution is 7.98. The minimum absolute atomic E-state index is 0.0191. The molecule has 3 heteroatoms. The summed E-state index contributed by atoms with van der Waals surface area (Å²) in [5.74, 6) is 0.910. The third-order valence-electron chi connectivity index (χ3n) is 3.41. The monoisotopic (exact) mass is 287 g/mol. The maximum atomic E-state index is 6.41. The first kappa shape index (κ1) is 14.9. The molecule has 106 valence electrons. The van der Waals surface area contributed by atoms with E-state index in [0.717, 1.165) is 17.7 Å². The van der Waals surface area contributed by atoms with Crippen LogP contribution in [0, 0.1) is 6.92 Å². The average molecular weight is 287 g/mol. The maximum Gasteiger partial charge on any atom is 0.122 e. The molecular formula is C17H21NOS. The van der Waals surface area contributed by atoms with E-state index in [1.165, 1.54) is 16.0 Å². The van der Waals surface area contributed by atoms with Gasteiger partial charge < -0.3 is 10.5 Å². The van der Waals surface area contributed by atoms with Gasteiger partial charge in [-0.3, -0.25) is 0 Å². The first-order valence-corrected chi connectivity index (χ1v) is 7.90. The van der Waals surface area contributed by atoms with Gasteiger partial charge in [-0.1, -0.05) is 35.9 Å². The molecule has 2 N–H and O–H groups in total. The second kappa shape index (κ2) is 6.82. The summed E-state index contributed by atoms with van der Waals surface area (Å²) >= 11 is 1.74. The molecule has 2 aromatic rings. The Labute approximate surface area is 125 Å². The van der Waals surface area contributed by atoms with Crippen molar-refractivity contribution in [1.82, 2.24) is 0 Å². The zero-order chi connectivity index (χ0) is 14.5. The molecule has 0 amide bonds. The van der Waals surface area contributed by atoms with Crippen LogP contribution in [0.15, 0.2) is 47.4 Å². The van der Waals surface area contributed by atoms with Gasteiger partial charge in [-0.15, -0.1) is 11.8 Å². The predicted octanol–water partition coefficient (Wildman–Crippen LogP) is 3.97. The standard InChI is InChI=1S/C17H21NOS/c1-12-8-9-16(19-2)13(10-12)11-15(18)14-6-4-5-7-17(14)20-3/h4-10,15H,11,18H2,1-3H3. The molecule has 0 aliphatic carbocycles. The van der Waals surface area contributed by atoms with Gasteiger partial charge in [0.05, 0.1) is 7.11 Å². The van der Waals surface area contributed by atoms with E-state index < -0.39 is 0 Å². The first-order valence-electron chi connectivity index (χ1n) is 6.67. The normalized spacial score (nSPS) is 12.2. The summed E-state index contributed by atoms with van der Waals surface area (Å²) in [6.07, 6.45) is 2.86. The maximum absolute atomic E-state index is 6.41. The lowest BCUT2D eigenvalue weighted by Gasteiger charge is -2.17. The summed E-state index contributed by atoms with van der Waals surface area (Å²) in [4.78, 5) is 1.24. The van der Waals surface area contributed by atoms with Crippen LogP contribution in [0.5, 0.6) is 5.75 Å². The van der Waals surface area contributed by atoms with Crippen LogP contribution in [-0.2, 0) is 6.42 Å². The lowest BCUT2D eigenvalue weighted by atomic mass is 9.98. The summed E-state index contributed by atoms with van der Waals surface area (Å²) < 4.78 is 5.43. The third kappa shape index (κ3) is 3.35. The van der Waals surface area contributed by atoms with Crippen molar-refractivity contribution in [1.29, 1.82) is 0 Å². The topological polar surface area (TPSA) is 35.2 Å². The van der Waals surface area contributed by atoms with Crippen molar-refractivity contribution >= 4 is 11.8 Å². The van der Waals surface area contributed by atoms with Gasteiger partial charge >= 0.3 is 0 Å². The molecule has 0 aromatic heterocycles. The minimum atomic E-state index is -0.0191. The highest BCUT2D eigenvalue weighted by Crippen LogP contribution is 2.29. The molecule has 2 rings (SSSR count). The van der Waals surface area contributed by atoms with Crippen molar-refractivity contribution in [2.24, 2.45) is 5.73 Å². The molecule has 0 saturated carbocycles. The van der Waals surface area contributed by atoms with Gasteiger partial charge in [-0.25, -0.2) is 0 Å². The Morgan fingerprint density at radius 3 is 2.65 bits per heavy atom. The van der Waals surface area contributed by atoms with Crippen LogP contribution >= 0.6 is 11.8 Å². The van der Waals surface area contributed by atoms with Gasteiger partial charge in [0.1, 0.15) is 5.75 Å². The van der Waals surface area contributed by atoms with Crippen molar-refractivity contribution < 1.29 is 4.74 Å². The van der Waals surface area contributed by atoms with E-state index in [0.29, 0.717) is 0 Å². The molecule has 2 aromatic carbocycles. The minimum Gasteiger partial charge on any atom is -0.496 e.